The van der Waals surface area contributed by atoms with E-state index < -0.39 is 0 Å². The average molecular weight is 338 g/mol. The molecule has 2 aromatic carbocycles. The van der Waals surface area contributed by atoms with E-state index >= 15 is 0 Å². The van der Waals surface area contributed by atoms with Crippen LogP contribution in [0.2, 0.25) is 0 Å². The zero-order valence-electron chi connectivity index (χ0n) is 14.2. The second-order valence-corrected chi connectivity index (χ2v) is 5.46. The number of hydrogen-bond acceptors (Lipinski definition) is 3. The van der Waals surface area contributed by atoms with Crippen molar-refractivity contribution in [3.8, 4) is 0 Å². The van der Waals surface area contributed by atoms with Crippen LogP contribution in [0.4, 0.5) is 11.4 Å². The molecular formula is C20H22N2O3. The lowest BCUT2D eigenvalue weighted by Gasteiger charge is -2.08. The third-order valence-electron chi connectivity index (χ3n) is 3.35. The Balaban J connectivity index is 1.80. The third-order valence-corrected chi connectivity index (χ3v) is 3.35. The van der Waals surface area contributed by atoms with Gasteiger partial charge in [0.05, 0.1) is 0 Å². The molecule has 2 rings (SSSR count). The van der Waals surface area contributed by atoms with E-state index in [9.17, 15) is 9.59 Å². The van der Waals surface area contributed by atoms with Gasteiger partial charge >= 0.3 is 0 Å². The van der Waals surface area contributed by atoms with Crippen molar-refractivity contribution in [3.05, 3.63) is 66.2 Å². The number of carbonyl (C=O) groups is 2. The molecule has 0 aliphatic rings. The summed E-state index contributed by atoms with van der Waals surface area (Å²) in [5.41, 5.74) is 2.37. The van der Waals surface area contributed by atoms with Crippen molar-refractivity contribution in [1.82, 2.24) is 0 Å². The van der Waals surface area contributed by atoms with Crippen LogP contribution in [-0.2, 0) is 14.3 Å². The summed E-state index contributed by atoms with van der Waals surface area (Å²) in [5.74, 6) is -0.310. The van der Waals surface area contributed by atoms with Crippen molar-refractivity contribution in [2.75, 3.05) is 24.4 Å². The van der Waals surface area contributed by atoms with Gasteiger partial charge in [0.25, 0.3) is 0 Å². The second kappa shape index (κ2) is 10.1. The Kier molecular flexibility index (Phi) is 7.41. The number of nitrogens with one attached hydrogen (secondary N) is 2. The Labute approximate surface area is 147 Å². The lowest BCUT2D eigenvalue weighted by atomic mass is 10.2. The Morgan fingerprint density at radius 2 is 1.64 bits per heavy atom. The second-order valence-electron chi connectivity index (χ2n) is 5.46. The normalized spacial score (nSPS) is 10.6. The first-order valence-corrected chi connectivity index (χ1v) is 8.07. The molecular weight excluding hydrogens is 316 g/mol. The van der Waals surface area contributed by atoms with Gasteiger partial charge in [-0.05, 0) is 30.2 Å². The van der Waals surface area contributed by atoms with Gasteiger partial charge in [-0.1, -0.05) is 48.6 Å². The SMILES string of the molecule is COCC(=O)Nc1cccc(NC(=O)CC/C=C\c2ccccc2)c1. The van der Waals surface area contributed by atoms with Crippen LogP contribution >= 0.6 is 0 Å². The van der Waals surface area contributed by atoms with Crippen LogP contribution in [0, 0.1) is 0 Å². The van der Waals surface area contributed by atoms with Crippen LogP contribution in [-0.4, -0.2) is 25.5 Å². The molecule has 2 aromatic rings. The van der Waals surface area contributed by atoms with Crippen molar-refractivity contribution >= 4 is 29.3 Å². The molecule has 0 radical (unpaired) electrons. The smallest absolute Gasteiger partial charge is 0.250 e. The fourth-order valence-electron chi connectivity index (χ4n) is 2.22. The first-order valence-electron chi connectivity index (χ1n) is 8.07. The monoisotopic (exact) mass is 338 g/mol. The minimum absolute atomic E-state index is 0.00959. The van der Waals surface area contributed by atoms with Gasteiger partial charge in [-0.2, -0.15) is 0 Å². The number of methoxy groups -OCH3 is 1. The fourth-order valence-corrected chi connectivity index (χ4v) is 2.22. The molecule has 0 fully saturated rings. The molecule has 0 saturated carbocycles. The van der Waals surface area contributed by atoms with Gasteiger partial charge in [0.15, 0.2) is 0 Å². The molecule has 2 N–H and O–H groups in total. The van der Waals surface area contributed by atoms with Crippen LogP contribution < -0.4 is 10.6 Å². The summed E-state index contributed by atoms with van der Waals surface area (Å²) < 4.78 is 4.77. The van der Waals surface area contributed by atoms with Crippen molar-refractivity contribution in [3.63, 3.8) is 0 Å². The number of anilines is 2. The van der Waals surface area contributed by atoms with Gasteiger partial charge in [-0.25, -0.2) is 0 Å². The number of amides is 2. The van der Waals surface area contributed by atoms with Crippen LogP contribution in [0.5, 0.6) is 0 Å². The lowest BCUT2D eigenvalue weighted by molar-refractivity contribution is -0.119. The molecule has 25 heavy (non-hydrogen) atoms. The van der Waals surface area contributed by atoms with E-state index in [4.69, 9.17) is 4.74 Å². The van der Waals surface area contributed by atoms with E-state index in [1.807, 2.05) is 42.5 Å². The standard InChI is InChI=1S/C20H22N2O3/c1-25-15-20(24)22-18-12-7-11-17(14-18)21-19(23)13-6-5-10-16-8-3-2-4-9-16/h2-5,7-12,14H,6,13,15H2,1H3,(H,21,23)(H,22,24)/b10-5-. The van der Waals surface area contributed by atoms with Crippen LogP contribution in [0.1, 0.15) is 18.4 Å². The maximum Gasteiger partial charge on any atom is 0.250 e. The van der Waals surface area contributed by atoms with Gasteiger partial charge in [-0.15, -0.1) is 0 Å². The first-order chi connectivity index (χ1) is 12.2. The van der Waals surface area contributed by atoms with E-state index in [0.29, 0.717) is 24.2 Å². The molecule has 0 aromatic heterocycles. The summed E-state index contributed by atoms with van der Waals surface area (Å²) in [6, 6.07) is 17.0. The quantitative estimate of drug-likeness (QED) is 0.771. The Morgan fingerprint density at radius 3 is 2.32 bits per heavy atom. The number of ether oxygens (including phenoxy) is 1. The maximum atomic E-state index is 12.0. The van der Waals surface area contributed by atoms with E-state index in [0.717, 1.165) is 5.56 Å². The summed E-state index contributed by atoms with van der Waals surface area (Å²) in [6.07, 6.45) is 5.03. The lowest BCUT2D eigenvalue weighted by Crippen LogP contribution is -2.17. The fraction of sp³-hybridized carbons (Fsp3) is 0.200. The summed E-state index contributed by atoms with van der Waals surface area (Å²) >= 11 is 0. The molecule has 130 valence electrons. The van der Waals surface area contributed by atoms with Gasteiger partial charge in [-0.3, -0.25) is 9.59 Å². The van der Waals surface area contributed by atoms with Crippen LogP contribution in [0.15, 0.2) is 60.7 Å². The highest BCUT2D eigenvalue weighted by Crippen LogP contribution is 2.15. The molecule has 0 aliphatic heterocycles. The molecule has 0 spiro atoms. The molecule has 5 nitrogen and oxygen atoms in total. The predicted octanol–water partition coefficient (Wildman–Crippen LogP) is 3.70. The minimum Gasteiger partial charge on any atom is -0.375 e. The zero-order chi connectivity index (χ0) is 17.9. The number of rotatable bonds is 8. The Bertz CT molecular complexity index is 727. The largest absolute Gasteiger partial charge is 0.375 e. The van der Waals surface area contributed by atoms with E-state index in [-0.39, 0.29) is 18.4 Å². The Hall–Kier alpha value is -2.92. The summed E-state index contributed by atoms with van der Waals surface area (Å²) in [6.45, 7) is -0.00959. The van der Waals surface area contributed by atoms with Gasteiger partial charge in [0, 0.05) is 24.9 Å². The number of allylic oxidation sites excluding steroid dienone is 1. The highest BCUT2D eigenvalue weighted by molar-refractivity contribution is 5.94. The summed E-state index contributed by atoms with van der Waals surface area (Å²) in [7, 11) is 1.46. The van der Waals surface area contributed by atoms with Gasteiger partial charge in [0.2, 0.25) is 11.8 Å². The predicted molar refractivity (Wildman–Crippen MR) is 100 cm³/mol. The summed E-state index contributed by atoms with van der Waals surface area (Å²) in [4.78, 5) is 23.5. The molecule has 0 heterocycles. The number of benzene rings is 2. The van der Waals surface area contributed by atoms with Crippen LogP contribution in [0.25, 0.3) is 6.08 Å². The van der Waals surface area contributed by atoms with Crippen molar-refractivity contribution in [1.29, 1.82) is 0 Å². The Morgan fingerprint density at radius 1 is 0.960 bits per heavy atom. The van der Waals surface area contributed by atoms with Crippen LogP contribution in [0.3, 0.4) is 0 Å². The number of hydrogen-bond donors (Lipinski definition) is 2. The molecule has 0 aliphatic carbocycles. The molecule has 2 amide bonds. The highest BCUT2D eigenvalue weighted by Gasteiger charge is 2.04. The van der Waals surface area contributed by atoms with E-state index in [1.54, 1.807) is 24.3 Å². The van der Waals surface area contributed by atoms with Gasteiger partial charge < -0.3 is 15.4 Å². The molecule has 0 bridgehead atoms. The molecule has 0 atom stereocenters. The molecule has 5 heteroatoms. The maximum absolute atomic E-state index is 12.0. The minimum atomic E-state index is -0.239. The van der Waals surface area contributed by atoms with Crippen molar-refractivity contribution in [2.45, 2.75) is 12.8 Å². The van der Waals surface area contributed by atoms with Crippen molar-refractivity contribution < 1.29 is 14.3 Å². The number of carbonyl (C=O) groups excluding carboxylic acids is 2. The van der Waals surface area contributed by atoms with Crippen molar-refractivity contribution in [2.24, 2.45) is 0 Å². The highest BCUT2D eigenvalue weighted by atomic mass is 16.5. The summed E-state index contributed by atoms with van der Waals surface area (Å²) in [5, 5.41) is 5.53. The average Bonchev–Trinajstić information content (AvgIpc) is 2.60. The molecule has 0 saturated heterocycles. The zero-order valence-corrected chi connectivity index (χ0v) is 14.2. The molecule has 0 unspecified atom stereocenters. The van der Waals surface area contributed by atoms with Gasteiger partial charge in [0.1, 0.15) is 6.61 Å². The third kappa shape index (κ3) is 7.01. The first kappa shape index (κ1) is 18.4. The van der Waals surface area contributed by atoms with E-state index in [2.05, 4.69) is 10.6 Å². The van der Waals surface area contributed by atoms with E-state index in [1.165, 1.54) is 7.11 Å². The topological polar surface area (TPSA) is 67.4 Å².